The number of aromatic nitrogens is 1. The third-order valence-corrected chi connectivity index (χ3v) is 3.65. The predicted octanol–water partition coefficient (Wildman–Crippen LogP) is 1.39. The Labute approximate surface area is 103 Å². The molecule has 17 heavy (non-hydrogen) atoms. The summed E-state index contributed by atoms with van der Waals surface area (Å²) in [6.45, 7) is 2.08. The molecule has 0 unspecified atom stereocenters. The molecule has 2 rings (SSSR count). The summed E-state index contributed by atoms with van der Waals surface area (Å²) >= 11 is 1.27. The van der Waals surface area contributed by atoms with E-state index in [0.29, 0.717) is 23.0 Å². The Morgan fingerprint density at radius 2 is 2.29 bits per heavy atom. The first-order valence-electron chi connectivity index (χ1n) is 5.49. The number of carboxylic acid groups (broad SMARTS) is 1. The molecule has 1 aromatic rings. The minimum absolute atomic E-state index is 0.209. The number of carbonyl (C=O) groups is 2. The van der Waals surface area contributed by atoms with E-state index in [2.05, 4.69) is 4.98 Å². The van der Waals surface area contributed by atoms with E-state index in [1.807, 2.05) is 0 Å². The second-order valence-corrected chi connectivity index (χ2v) is 5.14. The second-order valence-electron chi connectivity index (χ2n) is 4.29. The molecule has 6 heteroatoms. The van der Waals surface area contributed by atoms with E-state index in [1.54, 1.807) is 12.4 Å². The molecule has 0 atom stereocenters. The topological polar surface area (TPSA) is 70.5 Å². The Morgan fingerprint density at radius 3 is 2.76 bits per heavy atom. The lowest BCUT2D eigenvalue weighted by atomic mass is 10.3. The van der Waals surface area contributed by atoms with Crippen molar-refractivity contribution >= 4 is 23.2 Å². The normalized spacial score (nSPS) is 14.6. The highest BCUT2D eigenvalue weighted by molar-refractivity contribution is 7.11. The van der Waals surface area contributed by atoms with Crippen molar-refractivity contribution in [2.24, 2.45) is 5.92 Å². The Morgan fingerprint density at radius 1 is 1.59 bits per heavy atom. The number of carboxylic acids is 1. The van der Waals surface area contributed by atoms with Crippen LogP contribution in [0.5, 0.6) is 0 Å². The number of amides is 1. The van der Waals surface area contributed by atoms with Gasteiger partial charge in [0.2, 0.25) is 0 Å². The van der Waals surface area contributed by atoms with Crippen molar-refractivity contribution in [3.8, 4) is 0 Å². The zero-order valence-electron chi connectivity index (χ0n) is 9.55. The van der Waals surface area contributed by atoms with E-state index in [4.69, 9.17) is 5.11 Å². The van der Waals surface area contributed by atoms with Crippen molar-refractivity contribution in [1.29, 1.82) is 0 Å². The molecule has 0 aliphatic heterocycles. The summed E-state index contributed by atoms with van der Waals surface area (Å²) in [4.78, 5) is 28.9. The quantitative estimate of drug-likeness (QED) is 0.862. The van der Waals surface area contributed by atoms with Crippen LogP contribution in [-0.2, 0) is 4.79 Å². The zero-order chi connectivity index (χ0) is 12.4. The summed E-state index contributed by atoms with van der Waals surface area (Å²) in [6, 6.07) is 0. The molecule has 0 bridgehead atoms. The van der Waals surface area contributed by atoms with Crippen molar-refractivity contribution in [2.45, 2.75) is 19.8 Å². The molecule has 0 radical (unpaired) electrons. The van der Waals surface area contributed by atoms with Gasteiger partial charge in [-0.05, 0) is 25.7 Å². The zero-order valence-corrected chi connectivity index (χ0v) is 10.4. The molecule has 1 amide bonds. The Balaban J connectivity index is 2.10. The first-order chi connectivity index (χ1) is 8.08. The van der Waals surface area contributed by atoms with Crippen molar-refractivity contribution in [3.05, 3.63) is 16.1 Å². The molecule has 5 nitrogen and oxygen atoms in total. The van der Waals surface area contributed by atoms with Gasteiger partial charge in [-0.1, -0.05) is 0 Å². The van der Waals surface area contributed by atoms with Gasteiger partial charge in [-0.25, -0.2) is 4.98 Å². The smallest absolute Gasteiger partial charge is 0.323 e. The van der Waals surface area contributed by atoms with Gasteiger partial charge in [0, 0.05) is 6.54 Å². The van der Waals surface area contributed by atoms with E-state index in [-0.39, 0.29) is 12.5 Å². The molecule has 1 aromatic heterocycles. The van der Waals surface area contributed by atoms with Crippen LogP contribution in [0.3, 0.4) is 0 Å². The largest absolute Gasteiger partial charge is 0.480 e. The fourth-order valence-electron chi connectivity index (χ4n) is 1.65. The van der Waals surface area contributed by atoms with Crippen LogP contribution in [0.25, 0.3) is 0 Å². The molecule has 92 valence electrons. The van der Waals surface area contributed by atoms with Crippen molar-refractivity contribution in [1.82, 2.24) is 9.88 Å². The fraction of sp³-hybridized carbons (Fsp3) is 0.545. The van der Waals surface area contributed by atoms with Crippen LogP contribution in [0.15, 0.2) is 5.51 Å². The standard InChI is InChI=1S/C11H14N2O3S/c1-7-10(17-6-12-7)11(16)13(5-9(14)15)4-8-2-3-8/h6,8H,2-5H2,1H3,(H,14,15). The Hall–Kier alpha value is -1.43. The highest BCUT2D eigenvalue weighted by Crippen LogP contribution is 2.30. The van der Waals surface area contributed by atoms with Crippen LogP contribution in [0.2, 0.25) is 0 Å². The van der Waals surface area contributed by atoms with Gasteiger partial charge in [0.15, 0.2) is 0 Å². The van der Waals surface area contributed by atoms with Gasteiger partial charge in [-0.15, -0.1) is 11.3 Å². The average molecular weight is 254 g/mol. The Kier molecular flexibility index (Phi) is 3.42. The highest BCUT2D eigenvalue weighted by Gasteiger charge is 2.29. The number of hydrogen-bond donors (Lipinski definition) is 1. The van der Waals surface area contributed by atoms with Crippen LogP contribution in [-0.4, -0.2) is 40.0 Å². The van der Waals surface area contributed by atoms with Gasteiger partial charge in [0.25, 0.3) is 5.91 Å². The van der Waals surface area contributed by atoms with Crippen molar-refractivity contribution < 1.29 is 14.7 Å². The molecule has 0 saturated heterocycles. The van der Waals surface area contributed by atoms with Crippen LogP contribution in [0, 0.1) is 12.8 Å². The molecule has 1 aliphatic carbocycles. The Bertz CT molecular complexity index is 440. The number of aliphatic carboxylic acids is 1. The lowest BCUT2D eigenvalue weighted by molar-refractivity contribution is -0.137. The first kappa shape index (κ1) is 12.0. The van der Waals surface area contributed by atoms with E-state index in [0.717, 1.165) is 12.8 Å². The molecule has 0 spiro atoms. The van der Waals surface area contributed by atoms with E-state index in [9.17, 15) is 9.59 Å². The number of nitrogens with zero attached hydrogens (tertiary/aromatic N) is 2. The summed E-state index contributed by atoms with van der Waals surface area (Å²) in [6.07, 6.45) is 2.18. The maximum Gasteiger partial charge on any atom is 0.323 e. The number of rotatable bonds is 5. The van der Waals surface area contributed by atoms with Gasteiger partial charge in [0.05, 0.1) is 11.2 Å². The van der Waals surface area contributed by atoms with Crippen LogP contribution in [0.4, 0.5) is 0 Å². The van der Waals surface area contributed by atoms with Crippen LogP contribution in [0.1, 0.15) is 28.2 Å². The number of hydrogen-bond acceptors (Lipinski definition) is 4. The minimum atomic E-state index is -0.971. The summed E-state index contributed by atoms with van der Waals surface area (Å²) in [5, 5.41) is 8.83. The lowest BCUT2D eigenvalue weighted by Gasteiger charge is -2.19. The SMILES string of the molecule is Cc1ncsc1C(=O)N(CC(=O)O)CC1CC1. The molecule has 0 aromatic carbocycles. The van der Waals surface area contributed by atoms with Gasteiger partial charge in [-0.2, -0.15) is 0 Å². The highest BCUT2D eigenvalue weighted by atomic mass is 32.1. The maximum atomic E-state index is 12.2. The summed E-state index contributed by atoms with van der Waals surface area (Å²) < 4.78 is 0. The molecule has 1 heterocycles. The van der Waals surface area contributed by atoms with Crippen LogP contribution < -0.4 is 0 Å². The van der Waals surface area contributed by atoms with Gasteiger partial charge in [0.1, 0.15) is 11.4 Å². The van der Waals surface area contributed by atoms with Gasteiger partial charge < -0.3 is 10.0 Å². The van der Waals surface area contributed by atoms with Crippen LogP contribution >= 0.6 is 11.3 Å². The predicted molar refractivity (Wildman–Crippen MR) is 63.1 cm³/mol. The molecule has 1 saturated carbocycles. The van der Waals surface area contributed by atoms with E-state index in [1.165, 1.54) is 16.2 Å². The molecular formula is C11H14N2O3S. The van der Waals surface area contributed by atoms with Crippen molar-refractivity contribution in [3.63, 3.8) is 0 Å². The molecule has 1 aliphatic rings. The number of aryl methyl sites for hydroxylation is 1. The van der Waals surface area contributed by atoms with E-state index < -0.39 is 5.97 Å². The second kappa shape index (κ2) is 4.83. The summed E-state index contributed by atoms with van der Waals surface area (Å²) in [5.41, 5.74) is 2.28. The van der Waals surface area contributed by atoms with Crippen molar-refractivity contribution in [2.75, 3.05) is 13.1 Å². The molecule has 1 fully saturated rings. The summed E-state index contributed by atoms with van der Waals surface area (Å²) in [5.74, 6) is -0.702. The maximum absolute atomic E-state index is 12.2. The third-order valence-electron chi connectivity index (χ3n) is 2.73. The number of carbonyl (C=O) groups excluding carboxylic acids is 1. The molecular weight excluding hydrogens is 240 g/mol. The molecule has 1 N–H and O–H groups in total. The minimum Gasteiger partial charge on any atom is -0.480 e. The average Bonchev–Trinajstić information content (AvgIpc) is 2.97. The number of thiazole rings is 1. The fourth-order valence-corrected chi connectivity index (χ4v) is 2.41. The van der Waals surface area contributed by atoms with Gasteiger partial charge >= 0.3 is 5.97 Å². The van der Waals surface area contributed by atoms with E-state index >= 15 is 0 Å². The third kappa shape index (κ3) is 3.03. The first-order valence-corrected chi connectivity index (χ1v) is 6.37. The monoisotopic (exact) mass is 254 g/mol. The summed E-state index contributed by atoms with van der Waals surface area (Å²) in [7, 11) is 0. The van der Waals surface area contributed by atoms with Gasteiger partial charge in [-0.3, -0.25) is 9.59 Å². The lowest BCUT2D eigenvalue weighted by Crippen LogP contribution is -2.37.